The average Bonchev–Trinajstić information content (AvgIpc) is 2.63. The van der Waals surface area contributed by atoms with E-state index < -0.39 is 23.1 Å². The number of hydrogen-bond acceptors (Lipinski definition) is 7. The fraction of sp³-hybridized carbons (Fsp3) is 0.400. The van der Waals surface area contributed by atoms with Crippen LogP contribution in [-0.4, -0.2) is 27.7 Å². The summed E-state index contributed by atoms with van der Waals surface area (Å²) in [5, 5.41) is 13.9. The lowest BCUT2D eigenvalue weighted by Crippen LogP contribution is -2.23. The third-order valence-corrected chi connectivity index (χ3v) is 2.47. The number of nitrogen functional groups attached to an aromatic ring is 1. The molecule has 8 heteroatoms. The molecule has 0 bridgehead atoms. The number of nitrogens with zero attached hydrogens (tertiary/aromatic N) is 2. The Morgan fingerprint density at radius 3 is 2.50 bits per heavy atom. The molecule has 1 rings (SSSR count). The number of aliphatic carboxylic acids is 1. The Bertz CT molecular complexity index is 501. The lowest BCUT2D eigenvalue weighted by Gasteiger charge is -2.12. The minimum Gasteiger partial charge on any atom is -0.476 e. The first-order valence-electron chi connectivity index (χ1n) is 4.96. The number of carboxylic acid groups (broad SMARTS) is 1. The fourth-order valence-electron chi connectivity index (χ4n) is 0.816. The second kappa shape index (κ2) is 5.13. The Balaban J connectivity index is 2.94. The standard InChI is InChI=1S/C10H13N3O4S/c1-10(2,3)8(16)17-13-6(7(14)15)5-4-18-9(11)12-5/h4H,1-3H3,(H2,11,12)(H,14,15). The van der Waals surface area contributed by atoms with Crippen molar-refractivity contribution in [3.05, 3.63) is 11.1 Å². The van der Waals surface area contributed by atoms with Crippen molar-refractivity contribution in [2.75, 3.05) is 5.73 Å². The summed E-state index contributed by atoms with van der Waals surface area (Å²) in [7, 11) is 0. The lowest BCUT2D eigenvalue weighted by atomic mass is 9.98. The summed E-state index contributed by atoms with van der Waals surface area (Å²) < 4.78 is 0. The molecular formula is C10H13N3O4S. The van der Waals surface area contributed by atoms with Crippen molar-refractivity contribution >= 4 is 34.1 Å². The maximum absolute atomic E-state index is 11.5. The van der Waals surface area contributed by atoms with Gasteiger partial charge in [0.05, 0.1) is 5.41 Å². The highest BCUT2D eigenvalue weighted by Gasteiger charge is 2.25. The zero-order valence-corrected chi connectivity index (χ0v) is 10.9. The SMILES string of the molecule is CC(C)(C)C(=O)ON=C(C(=O)O)c1csc(N)n1. The molecule has 0 radical (unpaired) electrons. The van der Waals surface area contributed by atoms with Crippen LogP contribution in [0.3, 0.4) is 0 Å². The predicted molar refractivity (Wildman–Crippen MR) is 66.2 cm³/mol. The van der Waals surface area contributed by atoms with Crippen molar-refractivity contribution in [3.8, 4) is 0 Å². The van der Waals surface area contributed by atoms with Gasteiger partial charge in [0.15, 0.2) is 5.13 Å². The maximum atomic E-state index is 11.5. The molecule has 0 atom stereocenters. The highest BCUT2D eigenvalue weighted by atomic mass is 32.1. The maximum Gasteiger partial charge on any atom is 0.360 e. The minimum absolute atomic E-state index is 0.0618. The summed E-state index contributed by atoms with van der Waals surface area (Å²) in [5.74, 6) is -1.98. The van der Waals surface area contributed by atoms with E-state index in [0.717, 1.165) is 11.3 Å². The molecule has 0 aliphatic rings. The molecule has 0 amide bonds. The highest BCUT2D eigenvalue weighted by Crippen LogP contribution is 2.16. The van der Waals surface area contributed by atoms with Crippen molar-refractivity contribution in [1.82, 2.24) is 4.98 Å². The van der Waals surface area contributed by atoms with E-state index in [0.29, 0.717) is 0 Å². The molecule has 0 unspecified atom stereocenters. The van der Waals surface area contributed by atoms with Crippen LogP contribution in [0.25, 0.3) is 0 Å². The van der Waals surface area contributed by atoms with Gasteiger partial charge in [-0.25, -0.2) is 14.6 Å². The molecule has 18 heavy (non-hydrogen) atoms. The molecule has 1 aromatic heterocycles. The summed E-state index contributed by atoms with van der Waals surface area (Å²) in [6, 6.07) is 0. The first kappa shape index (κ1) is 14.1. The van der Waals surface area contributed by atoms with Gasteiger partial charge in [-0.1, -0.05) is 5.16 Å². The lowest BCUT2D eigenvalue weighted by molar-refractivity contribution is -0.153. The molecule has 3 N–H and O–H groups in total. The molecule has 0 saturated carbocycles. The van der Waals surface area contributed by atoms with Crippen LogP contribution in [0.2, 0.25) is 0 Å². The van der Waals surface area contributed by atoms with Crippen LogP contribution in [0.15, 0.2) is 10.5 Å². The smallest absolute Gasteiger partial charge is 0.360 e. The molecule has 1 aromatic rings. The van der Waals surface area contributed by atoms with Crippen LogP contribution in [-0.2, 0) is 14.4 Å². The van der Waals surface area contributed by atoms with E-state index in [1.807, 2.05) is 0 Å². The first-order valence-corrected chi connectivity index (χ1v) is 5.84. The average molecular weight is 271 g/mol. The van der Waals surface area contributed by atoms with E-state index in [1.54, 1.807) is 20.8 Å². The second-order valence-corrected chi connectivity index (χ2v) is 5.33. The van der Waals surface area contributed by atoms with E-state index in [2.05, 4.69) is 15.0 Å². The van der Waals surface area contributed by atoms with Crippen molar-refractivity contribution in [2.24, 2.45) is 10.6 Å². The van der Waals surface area contributed by atoms with Gasteiger partial charge in [0.25, 0.3) is 0 Å². The predicted octanol–water partition coefficient (Wildman–Crippen LogP) is 1.10. The molecule has 98 valence electrons. The van der Waals surface area contributed by atoms with Gasteiger partial charge in [0.1, 0.15) is 5.69 Å². The number of carbonyl (C=O) groups excluding carboxylic acids is 1. The Morgan fingerprint density at radius 2 is 2.11 bits per heavy atom. The molecule has 0 spiro atoms. The van der Waals surface area contributed by atoms with Crippen molar-refractivity contribution in [3.63, 3.8) is 0 Å². The summed E-state index contributed by atoms with van der Waals surface area (Å²) in [5.41, 5.74) is 4.23. The number of thiazole rings is 1. The van der Waals surface area contributed by atoms with Crippen LogP contribution in [0.4, 0.5) is 5.13 Å². The summed E-state index contributed by atoms with van der Waals surface area (Å²) in [6.07, 6.45) is 0. The van der Waals surface area contributed by atoms with E-state index >= 15 is 0 Å². The molecule has 1 heterocycles. The Kier molecular flexibility index (Phi) is 4.02. The number of oxime groups is 1. The number of aromatic nitrogens is 1. The van der Waals surface area contributed by atoms with Crippen LogP contribution < -0.4 is 5.73 Å². The monoisotopic (exact) mass is 271 g/mol. The number of carbonyl (C=O) groups is 2. The molecular weight excluding hydrogens is 258 g/mol. The van der Waals surface area contributed by atoms with E-state index in [1.165, 1.54) is 5.38 Å². The van der Waals surface area contributed by atoms with Gasteiger partial charge in [-0.15, -0.1) is 11.3 Å². The third kappa shape index (κ3) is 3.52. The molecule has 0 aliphatic heterocycles. The van der Waals surface area contributed by atoms with Crippen LogP contribution in [0.1, 0.15) is 26.5 Å². The van der Waals surface area contributed by atoms with Gasteiger partial charge in [0.2, 0.25) is 5.71 Å². The quantitative estimate of drug-likeness (QED) is 0.483. The topological polar surface area (TPSA) is 115 Å². The van der Waals surface area contributed by atoms with Gasteiger partial charge < -0.3 is 15.7 Å². The molecule has 0 saturated heterocycles. The third-order valence-electron chi connectivity index (χ3n) is 1.80. The van der Waals surface area contributed by atoms with Crippen LogP contribution in [0, 0.1) is 5.41 Å². The Morgan fingerprint density at radius 1 is 1.50 bits per heavy atom. The van der Waals surface area contributed by atoms with Crippen LogP contribution in [0.5, 0.6) is 0 Å². The number of nitrogens with two attached hydrogens (primary N) is 1. The second-order valence-electron chi connectivity index (χ2n) is 4.44. The number of carboxylic acids is 1. The Labute approximate surface area is 107 Å². The van der Waals surface area contributed by atoms with Gasteiger partial charge in [-0.3, -0.25) is 0 Å². The van der Waals surface area contributed by atoms with Gasteiger partial charge in [-0.2, -0.15) is 0 Å². The number of rotatable bonds is 3. The number of hydrogen-bond donors (Lipinski definition) is 2. The molecule has 0 fully saturated rings. The van der Waals surface area contributed by atoms with Gasteiger partial charge in [-0.05, 0) is 20.8 Å². The number of anilines is 1. The summed E-state index contributed by atoms with van der Waals surface area (Å²) >= 11 is 1.07. The molecule has 7 nitrogen and oxygen atoms in total. The van der Waals surface area contributed by atoms with E-state index in [-0.39, 0.29) is 10.8 Å². The van der Waals surface area contributed by atoms with Crippen molar-refractivity contribution in [2.45, 2.75) is 20.8 Å². The zero-order valence-electron chi connectivity index (χ0n) is 10.1. The minimum atomic E-state index is -1.35. The Hall–Kier alpha value is -1.96. The summed E-state index contributed by atoms with van der Waals surface area (Å²) in [4.78, 5) is 30.8. The van der Waals surface area contributed by atoms with Gasteiger partial charge >= 0.3 is 11.9 Å². The van der Waals surface area contributed by atoms with Crippen molar-refractivity contribution in [1.29, 1.82) is 0 Å². The highest BCUT2D eigenvalue weighted by molar-refractivity contribution is 7.13. The van der Waals surface area contributed by atoms with Gasteiger partial charge in [0, 0.05) is 5.38 Å². The first-order chi connectivity index (χ1) is 8.21. The molecule has 0 aliphatic carbocycles. The largest absolute Gasteiger partial charge is 0.476 e. The van der Waals surface area contributed by atoms with E-state index in [4.69, 9.17) is 10.8 Å². The zero-order chi connectivity index (χ0) is 13.9. The van der Waals surface area contributed by atoms with E-state index in [9.17, 15) is 9.59 Å². The van der Waals surface area contributed by atoms with Crippen LogP contribution >= 0.6 is 11.3 Å². The van der Waals surface area contributed by atoms with Crippen molar-refractivity contribution < 1.29 is 19.5 Å². The summed E-state index contributed by atoms with van der Waals surface area (Å²) in [6.45, 7) is 4.89. The normalized spacial score (nSPS) is 12.3. The fourth-order valence-corrected chi connectivity index (χ4v) is 1.36. The molecule has 0 aromatic carbocycles.